The maximum absolute atomic E-state index is 13.2. The third-order valence-corrected chi connectivity index (χ3v) is 5.88. The monoisotopic (exact) mass is 489 g/mol. The minimum atomic E-state index is -0.261. The summed E-state index contributed by atoms with van der Waals surface area (Å²) in [4.78, 5) is 27.8. The van der Waals surface area contributed by atoms with Gasteiger partial charge in [-0.25, -0.2) is 9.48 Å². The van der Waals surface area contributed by atoms with E-state index in [1.165, 1.54) is 0 Å². The Hall–Kier alpha value is -3.61. The van der Waals surface area contributed by atoms with Crippen molar-refractivity contribution >= 4 is 17.8 Å². The van der Waals surface area contributed by atoms with Crippen LogP contribution < -0.4 is 10.6 Å². The smallest absolute Gasteiger partial charge is 0.318 e. The average molecular weight is 490 g/mol. The number of anilines is 1. The largest absolute Gasteiger partial charge is 0.334 e. The summed E-state index contributed by atoms with van der Waals surface area (Å²) in [6, 6.07) is 19.4. The molecule has 7 heteroatoms. The van der Waals surface area contributed by atoms with E-state index in [1.54, 1.807) is 9.58 Å². The molecule has 0 fully saturated rings. The highest BCUT2D eigenvalue weighted by Crippen LogP contribution is 2.26. The maximum atomic E-state index is 13.2. The van der Waals surface area contributed by atoms with Gasteiger partial charge < -0.3 is 15.5 Å². The van der Waals surface area contributed by atoms with Crippen LogP contribution in [0.15, 0.2) is 60.7 Å². The van der Waals surface area contributed by atoms with Crippen LogP contribution in [0.5, 0.6) is 0 Å². The molecule has 0 radical (unpaired) electrons. The number of nitrogens with one attached hydrogen (secondary N) is 2. The third-order valence-electron chi connectivity index (χ3n) is 5.88. The second-order valence-corrected chi connectivity index (χ2v) is 10.7. The van der Waals surface area contributed by atoms with Crippen LogP contribution in [0.3, 0.4) is 0 Å². The molecule has 2 aromatic carbocycles. The molecular formula is C29H39N5O2. The first-order valence-corrected chi connectivity index (χ1v) is 12.6. The molecule has 192 valence electrons. The number of hydrogen-bond acceptors (Lipinski definition) is 3. The minimum Gasteiger partial charge on any atom is -0.334 e. The van der Waals surface area contributed by atoms with Gasteiger partial charge in [0.05, 0.1) is 11.4 Å². The van der Waals surface area contributed by atoms with Crippen molar-refractivity contribution in [2.24, 2.45) is 5.92 Å². The SMILES string of the molecule is Cc1cccc(-n2nc(C(C)(C)C)cc2NC(=O)CN(CCC(C)C)C(=O)NCc2ccccc2)c1. The Morgan fingerprint density at radius 3 is 2.39 bits per heavy atom. The van der Waals surface area contributed by atoms with Crippen LogP contribution in [0.2, 0.25) is 0 Å². The number of rotatable bonds is 9. The van der Waals surface area contributed by atoms with Crippen molar-refractivity contribution in [3.8, 4) is 5.69 Å². The molecule has 36 heavy (non-hydrogen) atoms. The van der Waals surface area contributed by atoms with Crippen LogP contribution in [-0.2, 0) is 16.8 Å². The molecule has 7 nitrogen and oxygen atoms in total. The van der Waals surface area contributed by atoms with Crippen molar-refractivity contribution < 1.29 is 9.59 Å². The van der Waals surface area contributed by atoms with Crippen molar-refractivity contribution in [1.29, 1.82) is 0 Å². The predicted octanol–water partition coefficient (Wildman–Crippen LogP) is 5.67. The molecule has 3 aromatic rings. The van der Waals surface area contributed by atoms with E-state index >= 15 is 0 Å². The summed E-state index contributed by atoms with van der Waals surface area (Å²) in [5.41, 5.74) is 3.67. The Bertz CT molecular complexity index is 1160. The number of carbonyl (C=O) groups is 2. The highest BCUT2D eigenvalue weighted by Gasteiger charge is 2.23. The van der Waals surface area contributed by atoms with Gasteiger partial charge in [0.2, 0.25) is 5.91 Å². The van der Waals surface area contributed by atoms with Crippen LogP contribution in [-0.4, -0.2) is 39.7 Å². The standard InChI is InChI=1S/C29H39N5O2/c1-21(2)15-16-33(28(36)30-19-23-12-8-7-9-13-23)20-27(35)31-26-18-25(29(4,5)6)32-34(26)24-14-10-11-22(3)17-24/h7-14,17-18,21H,15-16,19-20H2,1-6H3,(H,30,36)(H,31,35). The molecule has 0 unspecified atom stereocenters. The normalized spacial score (nSPS) is 11.4. The van der Waals surface area contributed by atoms with Crippen LogP contribution >= 0.6 is 0 Å². The van der Waals surface area contributed by atoms with Crippen LogP contribution in [0.25, 0.3) is 5.69 Å². The Labute approximate surface area is 214 Å². The molecule has 0 spiro atoms. The fourth-order valence-electron chi connectivity index (χ4n) is 3.70. The summed E-state index contributed by atoms with van der Waals surface area (Å²) in [6.07, 6.45) is 0.807. The van der Waals surface area contributed by atoms with E-state index in [0.29, 0.717) is 24.8 Å². The number of amides is 3. The molecule has 3 amide bonds. The zero-order chi connectivity index (χ0) is 26.3. The summed E-state index contributed by atoms with van der Waals surface area (Å²) >= 11 is 0. The first-order valence-electron chi connectivity index (χ1n) is 12.6. The Morgan fingerprint density at radius 2 is 1.75 bits per heavy atom. The molecule has 0 bridgehead atoms. The van der Waals surface area contributed by atoms with E-state index in [1.807, 2.05) is 67.6 Å². The lowest BCUT2D eigenvalue weighted by Crippen LogP contribution is -2.44. The molecule has 0 atom stereocenters. The topological polar surface area (TPSA) is 79.3 Å². The lowest BCUT2D eigenvalue weighted by Gasteiger charge is -2.23. The number of benzene rings is 2. The van der Waals surface area contributed by atoms with E-state index in [0.717, 1.165) is 28.9 Å². The van der Waals surface area contributed by atoms with Gasteiger partial charge in [-0.3, -0.25) is 4.79 Å². The first-order chi connectivity index (χ1) is 17.0. The molecular weight excluding hydrogens is 450 g/mol. The quantitative estimate of drug-likeness (QED) is 0.406. The zero-order valence-electron chi connectivity index (χ0n) is 22.3. The second-order valence-electron chi connectivity index (χ2n) is 10.7. The number of aromatic nitrogens is 2. The third kappa shape index (κ3) is 7.70. The summed E-state index contributed by atoms with van der Waals surface area (Å²) in [7, 11) is 0. The lowest BCUT2D eigenvalue weighted by molar-refractivity contribution is -0.116. The van der Waals surface area contributed by atoms with Crippen molar-refractivity contribution in [3.63, 3.8) is 0 Å². The molecule has 1 aromatic heterocycles. The van der Waals surface area contributed by atoms with Gasteiger partial charge in [-0.05, 0) is 42.5 Å². The van der Waals surface area contributed by atoms with E-state index < -0.39 is 0 Å². The molecule has 0 saturated carbocycles. The zero-order valence-corrected chi connectivity index (χ0v) is 22.3. The molecule has 3 rings (SSSR count). The van der Waals surface area contributed by atoms with Crippen molar-refractivity contribution in [2.75, 3.05) is 18.4 Å². The molecule has 1 heterocycles. The molecule has 0 aliphatic rings. The van der Waals surface area contributed by atoms with Gasteiger partial charge >= 0.3 is 6.03 Å². The molecule has 0 aliphatic carbocycles. The highest BCUT2D eigenvalue weighted by atomic mass is 16.2. The fourth-order valence-corrected chi connectivity index (χ4v) is 3.70. The maximum Gasteiger partial charge on any atom is 0.318 e. The summed E-state index contributed by atoms with van der Waals surface area (Å²) in [5.74, 6) is 0.737. The number of nitrogens with zero attached hydrogens (tertiary/aromatic N) is 3. The van der Waals surface area contributed by atoms with Crippen molar-refractivity contribution in [3.05, 3.63) is 77.5 Å². The Kier molecular flexibility index (Phi) is 8.91. The number of carbonyl (C=O) groups excluding carboxylic acids is 2. The molecule has 0 saturated heterocycles. The van der Waals surface area contributed by atoms with Crippen LogP contribution in [0.4, 0.5) is 10.6 Å². The Morgan fingerprint density at radius 1 is 1.03 bits per heavy atom. The van der Waals surface area contributed by atoms with Gasteiger partial charge in [0.15, 0.2) is 0 Å². The van der Waals surface area contributed by atoms with E-state index in [-0.39, 0.29) is 23.9 Å². The van der Waals surface area contributed by atoms with Crippen molar-refractivity contribution in [2.45, 2.75) is 59.9 Å². The number of hydrogen-bond donors (Lipinski definition) is 2. The summed E-state index contributed by atoms with van der Waals surface area (Å²) in [5, 5.41) is 10.7. The van der Waals surface area contributed by atoms with E-state index in [2.05, 4.69) is 45.3 Å². The van der Waals surface area contributed by atoms with Gasteiger partial charge in [0, 0.05) is 24.6 Å². The molecule has 0 aliphatic heterocycles. The van der Waals surface area contributed by atoms with Gasteiger partial charge in [-0.1, -0.05) is 77.1 Å². The van der Waals surface area contributed by atoms with Crippen LogP contribution in [0.1, 0.15) is 57.9 Å². The van der Waals surface area contributed by atoms with E-state index in [4.69, 9.17) is 5.10 Å². The van der Waals surface area contributed by atoms with E-state index in [9.17, 15) is 9.59 Å². The van der Waals surface area contributed by atoms with Crippen LogP contribution in [0, 0.1) is 12.8 Å². The van der Waals surface area contributed by atoms with Gasteiger partial charge in [0.25, 0.3) is 0 Å². The predicted molar refractivity (Wildman–Crippen MR) is 145 cm³/mol. The summed E-state index contributed by atoms with van der Waals surface area (Å²) < 4.78 is 1.76. The fraction of sp³-hybridized carbons (Fsp3) is 0.414. The van der Waals surface area contributed by atoms with Gasteiger partial charge in [-0.2, -0.15) is 5.10 Å². The first kappa shape index (κ1) is 27.0. The number of urea groups is 1. The Balaban J connectivity index is 1.77. The molecule has 2 N–H and O–H groups in total. The summed E-state index contributed by atoms with van der Waals surface area (Å²) in [6.45, 7) is 13.4. The van der Waals surface area contributed by atoms with Gasteiger partial charge in [-0.15, -0.1) is 0 Å². The highest BCUT2D eigenvalue weighted by molar-refractivity contribution is 5.94. The van der Waals surface area contributed by atoms with Gasteiger partial charge in [0.1, 0.15) is 12.4 Å². The lowest BCUT2D eigenvalue weighted by atomic mass is 9.92. The number of aryl methyl sites for hydroxylation is 1. The average Bonchev–Trinajstić information content (AvgIpc) is 3.25. The minimum absolute atomic E-state index is 0.0445. The second kappa shape index (κ2) is 11.9. The van der Waals surface area contributed by atoms with Crippen molar-refractivity contribution in [1.82, 2.24) is 20.0 Å².